The van der Waals surface area contributed by atoms with Gasteiger partial charge in [-0.25, -0.2) is 4.79 Å². The van der Waals surface area contributed by atoms with Crippen molar-refractivity contribution in [3.05, 3.63) is 24.0 Å². The van der Waals surface area contributed by atoms with Crippen molar-refractivity contribution in [2.24, 2.45) is 4.99 Å². The summed E-state index contributed by atoms with van der Waals surface area (Å²) in [5, 5.41) is 5.31. The number of hydrogen-bond donors (Lipinski definition) is 2. The highest BCUT2D eigenvalue weighted by Crippen LogP contribution is 2.12. The van der Waals surface area contributed by atoms with Crippen LogP contribution in [0.4, 0.5) is 10.5 Å². The number of rotatable bonds is 10. The van der Waals surface area contributed by atoms with E-state index in [0.717, 1.165) is 0 Å². The molecule has 0 aliphatic rings. The van der Waals surface area contributed by atoms with Crippen molar-refractivity contribution in [3.8, 4) is 0 Å². The van der Waals surface area contributed by atoms with Crippen LogP contribution < -0.4 is 10.6 Å². The van der Waals surface area contributed by atoms with Gasteiger partial charge in [-0.15, -0.1) is 11.6 Å². The van der Waals surface area contributed by atoms with E-state index in [2.05, 4.69) is 27.3 Å². The van der Waals surface area contributed by atoms with Gasteiger partial charge < -0.3 is 15.4 Å². The smallest absolute Gasteiger partial charge is 0.407 e. The zero-order chi connectivity index (χ0) is 21.2. The topological polar surface area (TPSA) is 110 Å². The number of unbranched alkanes of at least 4 members (excludes halogenated alkanes) is 1. The predicted octanol–water partition coefficient (Wildman–Crippen LogP) is 3.02. The number of amides is 2. The van der Waals surface area contributed by atoms with Crippen LogP contribution in [-0.2, 0) is 9.53 Å². The molecule has 1 aromatic rings. The number of nitrogens with zero attached hydrogens (tertiary/aromatic N) is 2. The van der Waals surface area contributed by atoms with Crippen LogP contribution in [0, 0.1) is 0 Å². The van der Waals surface area contributed by atoms with E-state index in [1.54, 1.807) is 26.8 Å². The minimum atomic E-state index is -0.728. The van der Waals surface area contributed by atoms with Crippen molar-refractivity contribution in [3.63, 3.8) is 0 Å². The number of ketones is 1. The van der Waals surface area contributed by atoms with Gasteiger partial charge in [-0.05, 0) is 58.9 Å². The minimum Gasteiger partial charge on any atom is -0.444 e. The van der Waals surface area contributed by atoms with Crippen molar-refractivity contribution in [2.45, 2.75) is 51.7 Å². The average molecular weight is 411 g/mol. The average Bonchev–Trinajstić information content (AvgIpc) is 2.64. The Bertz CT molecular complexity index is 703. The number of carbonyl (C=O) groups is 3. The van der Waals surface area contributed by atoms with Gasteiger partial charge in [0.1, 0.15) is 11.3 Å². The zero-order valence-electron chi connectivity index (χ0n) is 16.5. The van der Waals surface area contributed by atoms with Gasteiger partial charge in [0.25, 0.3) is 5.91 Å². The summed E-state index contributed by atoms with van der Waals surface area (Å²) in [7, 11) is 0. The summed E-state index contributed by atoms with van der Waals surface area (Å²) < 4.78 is 5.14. The Morgan fingerprint density at radius 2 is 2.04 bits per heavy atom. The molecule has 2 amide bonds. The van der Waals surface area contributed by atoms with Crippen LogP contribution in [-0.4, -0.2) is 53.6 Å². The standard InChI is InChI=1S/C19H27ClN4O4/c1-19(2,3)28-18(27)23-9-6-5-7-14(16(25)12-20)24-17(26)15-11-13(21-4)8-10-22-15/h8,10-11,14H,4-7,9,12H2,1-3H3,(H,23,27)(H,24,26)/t14-/m0/s1. The number of aliphatic imine (C=N–C) groups is 1. The van der Waals surface area contributed by atoms with Gasteiger partial charge in [0.05, 0.1) is 17.6 Å². The van der Waals surface area contributed by atoms with Gasteiger partial charge in [0, 0.05) is 12.7 Å². The van der Waals surface area contributed by atoms with Crippen molar-refractivity contribution in [1.82, 2.24) is 15.6 Å². The third-order valence-electron chi connectivity index (χ3n) is 3.57. The first-order valence-corrected chi connectivity index (χ1v) is 9.49. The highest BCUT2D eigenvalue weighted by molar-refractivity contribution is 6.28. The zero-order valence-corrected chi connectivity index (χ0v) is 17.2. The number of nitrogens with one attached hydrogen (secondary N) is 2. The summed E-state index contributed by atoms with van der Waals surface area (Å²) in [4.78, 5) is 43.7. The molecule has 0 spiro atoms. The Hall–Kier alpha value is -2.48. The lowest BCUT2D eigenvalue weighted by molar-refractivity contribution is -0.118. The van der Waals surface area contributed by atoms with Gasteiger partial charge in [-0.2, -0.15) is 0 Å². The van der Waals surface area contributed by atoms with E-state index in [1.807, 2.05) is 0 Å². The fourth-order valence-electron chi connectivity index (χ4n) is 2.26. The van der Waals surface area contributed by atoms with Gasteiger partial charge in [0.2, 0.25) is 0 Å². The lowest BCUT2D eigenvalue weighted by atomic mass is 10.1. The normalized spacial score (nSPS) is 12.0. The number of alkyl carbamates (subject to hydrolysis) is 1. The highest BCUT2D eigenvalue weighted by Gasteiger charge is 2.21. The highest BCUT2D eigenvalue weighted by atomic mass is 35.5. The fourth-order valence-corrected chi connectivity index (χ4v) is 2.45. The number of halogens is 1. The minimum absolute atomic E-state index is 0.142. The number of ether oxygens (including phenoxy) is 1. The maximum Gasteiger partial charge on any atom is 0.407 e. The lowest BCUT2D eigenvalue weighted by Gasteiger charge is -2.20. The van der Waals surface area contributed by atoms with E-state index in [9.17, 15) is 14.4 Å². The fraction of sp³-hybridized carbons (Fsp3) is 0.526. The van der Waals surface area contributed by atoms with Gasteiger partial charge in [0.15, 0.2) is 5.78 Å². The molecule has 1 rings (SSSR count). The van der Waals surface area contributed by atoms with Crippen molar-refractivity contribution >= 4 is 41.8 Å². The summed E-state index contributed by atoms with van der Waals surface area (Å²) in [5.74, 6) is -0.975. The Morgan fingerprint density at radius 1 is 1.32 bits per heavy atom. The van der Waals surface area contributed by atoms with E-state index in [4.69, 9.17) is 16.3 Å². The first-order chi connectivity index (χ1) is 13.2. The molecule has 0 saturated carbocycles. The maximum atomic E-state index is 12.4. The first kappa shape index (κ1) is 23.6. The molecule has 0 radical (unpaired) electrons. The molecule has 0 unspecified atom stereocenters. The Kier molecular flexibility index (Phi) is 9.58. The van der Waals surface area contributed by atoms with Crippen molar-refractivity contribution in [2.75, 3.05) is 12.4 Å². The van der Waals surface area contributed by atoms with Crippen LogP contribution >= 0.6 is 11.6 Å². The Labute approximate surface area is 170 Å². The molecule has 0 aliphatic heterocycles. The van der Waals surface area contributed by atoms with Crippen LogP contribution in [0.3, 0.4) is 0 Å². The molecular weight excluding hydrogens is 384 g/mol. The van der Waals surface area contributed by atoms with Crippen LogP contribution in [0.2, 0.25) is 0 Å². The molecule has 2 N–H and O–H groups in total. The SMILES string of the molecule is C=Nc1ccnc(C(=O)N[C@@H](CCCCNC(=O)OC(C)(C)C)C(=O)CCl)c1. The molecule has 1 aromatic heterocycles. The summed E-state index contributed by atoms with van der Waals surface area (Å²) in [6, 6.07) is 2.37. The van der Waals surface area contributed by atoms with Crippen molar-refractivity contribution in [1.29, 1.82) is 0 Å². The van der Waals surface area contributed by atoms with E-state index in [-0.39, 0.29) is 17.4 Å². The number of aromatic nitrogens is 1. The third kappa shape index (κ3) is 8.94. The molecule has 0 aliphatic carbocycles. The van der Waals surface area contributed by atoms with Gasteiger partial charge in [-0.3, -0.25) is 19.6 Å². The second-order valence-corrected chi connectivity index (χ2v) is 7.38. The molecule has 28 heavy (non-hydrogen) atoms. The molecule has 1 atom stereocenters. The molecule has 8 nitrogen and oxygen atoms in total. The van der Waals surface area contributed by atoms with Crippen molar-refractivity contribution < 1.29 is 19.1 Å². The van der Waals surface area contributed by atoms with E-state index in [0.29, 0.717) is 31.5 Å². The van der Waals surface area contributed by atoms with Crippen LogP contribution in [0.1, 0.15) is 50.5 Å². The van der Waals surface area contributed by atoms with E-state index < -0.39 is 23.6 Å². The molecule has 1 heterocycles. The quantitative estimate of drug-likeness (QED) is 0.350. The second kappa shape index (κ2) is 11.4. The number of pyridine rings is 1. The third-order valence-corrected chi connectivity index (χ3v) is 3.84. The molecule has 0 bridgehead atoms. The molecule has 0 saturated heterocycles. The second-order valence-electron chi connectivity index (χ2n) is 7.11. The van der Waals surface area contributed by atoms with Crippen LogP contribution in [0.25, 0.3) is 0 Å². The molecule has 154 valence electrons. The predicted molar refractivity (Wildman–Crippen MR) is 109 cm³/mol. The largest absolute Gasteiger partial charge is 0.444 e. The van der Waals surface area contributed by atoms with E-state index >= 15 is 0 Å². The number of carbonyl (C=O) groups excluding carboxylic acids is 3. The van der Waals surface area contributed by atoms with Crippen LogP contribution in [0.5, 0.6) is 0 Å². The van der Waals surface area contributed by atoms with E-state index in [1.165, 1.54) is 12.3 Å². The molecular formula is C19H27ClN4O4. The molecule has 9 heteroatoms. The summed E-state index contributed by atoms with van der Waals surface area (Å²) in [6.07, 6.45) is 2.57. The monoisotopic (exact) mass is 410 g/mol. The number of alkyl halides is 1. The maximum absolute atomic E-state index is 12.4. The lowest BCUT2D eigenvalue weighted by Crippen LogP contribution is -2.42. The number of hydrogen-bond acceptors (Lipinski definition) is 6. The first-order valence-electron chi connectivity index (χ1n) is 8.95. The van der Waals surface area contributed by atoms with Gasteiger partial charge >= 0.3 is 6.09 Å². The summed E-state index contributed by atoms with van der Waals surface area (Å²) in [5.41, 5.74) is 0.0936. The van der Waals surface area contributed by atoms with Gasteiger partial charge in [-0.1, -0.05) is 0 Å². The molecule has 0 fully saturated rings. The Morgan fingerprint density at radius 3 is 2.64 bits per heavy atom. The van der Waals surface area contributed by atoms with Crippen LogP contribution in [0.15, 0.2) is 23.3 Å². The summed E-state index contributed by atoms with van der Waals surface area (Å²) >= 11 is 5.65. The number of Topliss-reactive ketones (excluding diaryl/α,β-unsaturated/α-hetero) is 1. The summed E-state index contributed by atoms with van der Waals surface area (Å²) in [6.45, 7) is 9.16. The molecule has 0 aromatic carbocycles. The Balaban J connectivity index is 2.51.